The van der Waals surface area contributed by atoms with E-state index in [4.69, 9.17) is 20.8 Å². The van der Waals surface area contributed by atoms with E-state index in [9.17, 15) is 9.59 Å². The van der Waals surface area contributed by atoms with Crippen molar-refractivity contribution >= 4 is 35.2 Å². The molecule has 1 heterocycles. The zero-order chi connectivity index (χ0) is 19.2. The van der Waals surface area contributed by atoms with E-state index in [1.54, 1.807) is 31.3 Å². The molecule has 1 aliphatic carbocycles. The first kappa shape index (κ1) is 19.5. The van der Waals surface area contributed by atoms with Crippen molar-refractivity contribution in [2.24, 2.45) is 0 Å². The van der Waals surface area contributed by atoms with Gasteiger partial charge in [-0.3, -0.25) is 9.59 Å². The molecule has 1 fully saturated rings. The molecule has 3 rings (SSSR count). The van der Waals surface area contributed by atoms with Crippen molar-refractivity contribution in [3.8, 4) is 5.75 Å². The molecule has 0 spiro atoms. The molecule has 144 valence electrons. The Morgan fingerprint density at radius 1 is 1.33 bits per heavy atom. The number of amides is 2. The average Bonchev–Trinajstić information content (AvgIpc) is 3.34. The van der Waals surface area contributed by atoms with Crippen molar-refractivity contribution < 1.29 is 18.7 Å². The average molecular weight is 411 g/mol. The lowest BCUT2D eigenvalue weighted by atomic mass is 10.3. The highest BCUT2D eigenvalue weighted by Gasteiger charge is 2.24. The number of hydrogen-bond acceptors (Lipinski definition) is 7. The third-order valence-corrected chi connectivity index (χ3v) is 4.75. The van der Waals surface area contributed by atoms with Gasteiger partial charge in [0.2, 0.25) is 11.8 Å². The third kappa shape index (κ3) is 6.44. The molecule has 1 aromatic heterocycles. The second-order valence-electron chi connectivity index (χ2n) is 6.08. The van der Waals surface area contributed by atoms with Crippen LogP contribution >= 0.6 is 23.4 Å². The Bertz CT molecular complexity index is 794. The van der Waals surface area contributed by atoms with Gasteiger partial charge < -0.3 is 19.4 Å². The van der Waals surface area contributed by atoms with Gasteiger partial charge >= 0.3 is 0 Å². The molecule has 1 N–H and O–H groups in total. The van der Waals surface area contributed by atoms with E-state index in [1.165, 1.54) is 4.90 Å². The number of aromatic nitrogens is 2. The van der Waals surface area contributed by atoms with Gasteiger partial charge in [-0.2, -0.15) is 0 Å². The van der Waals surface area contributed by atoms with E-state index in [-0.39, 0.29) is 42.0 Å². The largest absolute Gasteiger partial charge is 0.484 e. The van der Waals surface area contributed by atoms with Gasteiger partial charge in [-0.25, -0.2) is 0 Å². The zero-order valence-corrected chi connectivity index (χ0v) is 16.3. The highest BCUT2D eigenvalue weighted by atomic mass is 35.5. The lowest BCUT2D eigenvalue weighted by molar-refractivity contribution is -0.132. The van der Waals surface area contributed by atoms with Gasteiger partial charge in [0, 0.05) is 18.1 Å². The van der Waals surface area contributed by atoms with E-state index in [1.807, 2.05) is 0 Å². The highest BCUT2D eigenvalue weighted by Crippen LogP contribution is 2.20. The molecule has 0 bridgehead atoms. The maximum Gasteiger partial charge on any atom is 0.277 e. The van der Waals surface area contributed by atoms with Gasteiger partial charge in [0.25, 0.3) is 11.1 Å². The molecule has 0 saturated heterocycles. The van der Waals surface area contributed by atoms with Gasteiger partial charge in [-0.05, 0) is 37.1 Å². The zero-order valence-electron chi connectivity index (χ0n) is 14.7. The van der Waals surface area contributed by atoms with Crippen LogP contribution in [0, 0.1) is 0 Å². The summed E-state index contributed by atoms with van der Waals surface area (Å²) in [5.41, 5.74) is 0. The number of hydrogen-bond donors (Lipinski definition) is 1. The first-order chi connectivity index (χ1) is 13.0. The molecule has 1 aliphatic rings. The van der Waals surface area contributed by atoms with Crippen molar-refractivity contribution in [2.45, 2.75) is 30.7 Å². The number of carbonyl (C=O) groups is 2. The van der Waals surface area contributed by atoms with E-state index in [0.29, 0.717) is 16.7 Å². The fourth-order valence-electron chi connectivity index (χ4n) is 2.07. The number of nitrogens with one attached hydrogen (secondary N) is 1. The molecule has 0 unspecified atom stereocenters. The fraction of sp³-hybridized carbons (Fsp3) is 0.412. The van der Waals surface area contributed by atoms with Crippen LogP contribution in [0.2, 0.25) is 5.02 Å². The van der Waals surface area contributed by atoms with Crippen molar-refractivity contribution in [1.82, 2.24) is 20.4 Å². The minimum Gasteiger partial charge on any atom is -0.484 e. The summed E-state index contributed by atoms with van der Waals surface area (Å²) in [5, 5.41) is 11.5. The number of halogens is 1. The number of rotatable bonds is 9. The van der Waals surface area contributed by atoms with Gasteiger partial charge in [0.1, 0.15) is 5.75 Å². The normalized spacial score (nSPS) is 13.3. The summed E-state index contributed by atoms with van der Waals surface area (Å²) >= 11 is 6.93. The van der Waals surface area contributed by atoms with Crippen molar-refractivity contribution in [3.63, 3.8) is 0 Å². The molecular weight excluding hydrogens is 392 g/mol. The van der Waals surface area contributed by atoms with Crippen LogP contribution in [0.4, 0.5) is 0 Å². The molecule has 10 heteroatoms. The molecule has 1 aromatic carbocycles. The fourth-order valence-corrected chi connectivity index (χ4v) is 2.92. The maximum absolute atomic E-state index is 12.1. The number of likely N-dealkylation sites (N-methyl/N-ethyl adjacent to an activating group) is 1. The lowest BCUT2D eigenvalue weighted by Crippen LogP contribution is -2.39. The highest BCUT2D eigenvalue weighted by molar-refractivity contribution is 7.99. The van der Waals surface area contributed by atoms with Crippen LogP contribution in [0.25, 0.3) is 0 Å². The first-order valence-electron chi connectivity index (χ1n) is 8.36. The topological polar surface area (TPSA) is 97.6 Å². The Hall–Kier alpha value is -2.26. The quantitative estimate of drug-likeness (QED) is 0.632. The first-order valence-corrected chi connectivity index (χ1v) is 9.73. The molecule has 0 radical (unpaired) electrons. The Morgan fingerprint density at radius 3 is 2.78 bits per heavy atom. The predicted molar refractivity (Wildman–Crippen MR) is 99.6 cm³/mol. The number of ether oxygens (including phenoxy) is 1. The molecule has 0 atom stereocenters. The molecule has 27 heavy (non-hydrogen) atoms. The number of carbonyl (C=O) groups excluding carboxylic acids is 2. The number of thioether (sulfide) groups is 1. The Kier molecular flexibility index (Phi) is 6.57. The second kappa shape index (κ2) is 9.09. The Balaban J connectivity index is 1.39. The predicted octanol–water partition coefficient (Wildman–Crippen LogP) is 2.13. The monoisotopic (exact) mass is 410 g/mol. The van der Waals surface area contributed by atoms with Crippen LogP contribution in [0.5, 0.6) is 5.75 Å². The van der Waals surface area contributed by atoms with Gasteiger partial charge in [0.15, 0.2) is 6.61 Å². The molecular formula is C17H19ClN4O4S. The number of nitrogens with zero attached hydrogens (tertiary/aromatic N) is 3. The van der Waals surface area contributed by atoms with Crippen molar-refractivity contribution in [3.05, 3.63) is 35.2 Å². The molecule has 8 nitrogen and oxygen atoms in total. The van der Waals surface area contributed by atoms with Crippen LogP contribution in [-0.4, -0.2) is 52.3 Å². The van der Waals surface area contributed by atoms with E-state index >= 15 is 0 Å². The molecule has 1 saturated carbocycles. The summed E-state index contributed by atoms with van der Waals surface area (Å²) in [5.74, 6) is 0.707. The molecule has 2 amide bonds. The van der Waals surface area contributed by atoms with Crippen LogP contribution in [0.15, 0.2) is 33.9 Å². The Labute approximate surface area is 165 Å². The smallest absolute Gasteiger partial charge is 0.277 e. The lowest BCUT2D eigenvalue weighted by Gasteiger charge is -2.15. The minimum atomic E-state index is -0.192. The summed E-state index contributed by atoms with van der Waals surface area (Å²) < 4.78 is 11.0. The summed E-state index contributed by atoms with van der Waals surface area (Å²) in [4.78, 5) is 25.2. The van der Waals surface area contributed by atoms with Crippen molar-refractivity contribution in [2.75, 3.05) is 19.3 Å². The third-order valence-electron chi connectivity index (χ3n) is 3.69. The number of benzene rings is 1. The minimum absolute atomic E-state index is 0.0416. The van der Waals surface area contributed by atoms with Gasteiger partial charge in [-0.15, -0.1) is 10.2 Å². The standard InChI is InChI=1S/C17H19ClN4O4S/c1-22(8-14(23)19-12-4-5-12)16(24)10-27-17-21-20-15(26-17)9-25-13-6-2-11(18)3-7-13/h2-3,6-7,12H,4-5,8-10H2,1H3,(H,19,23). The summed E-state index contributed by atoms with van der Waals surface area (Å²) in [6, 6.07) is 7.20. The van der Waals surface area contributed by atoms with E-state index in [0.717, 1.165) is 24.6 Å². The summed E-state index contributed by atoms with van der Waals surface area (Å²) in [6.45, 7) is 0.157. The van der Waals surface area contributed by atoms with E-state index in [2.05, 4.69) is 15.5 Å². The van der Waals surface area contributed by atoms with Crippen LogP contribution in [-0.2, 0) is 16.2 Å². The van der Waals surface area contributed by atoms with Crippen molar-refractivity contribution in [1.29, 1.82) is 0 Å². The SMILES string of the molecule is CN(CC(=O)NC1CC1)C(=O)CSc1nnc(COc2ccc(Cl)cc2)o1. The Morgan fingerprint density at radius 2 is 2.07 bits per heavy atom. The molecule has 2 aromatic rings. The van der Waals surface area contributed by atoms with E-state index < -0.39 is 0 Å². The maximum atomic E-state index is 12.1. The second-order valence-corrected chi connectivity index (χ2v) is 7.45. The van der Waals surface area contributed by atoms with Crippen LogP contribution < -0.4 is 10.1 Å². The molecule has 0 aliphatic heterocycles. The van der Waals surface area contributed by atoms with Crippen LogP contribution in [0.3, 0.4) is 0 Å². The van der Waals surface area contributed by atoms with Gasteiger partial charge in [0.05, 0.1) is 12.3 Å². The van der Waals surface area contributed by atoms with Crippen LogP contribution in [0.1, 0.15) is 18.7 Å². The summed E-state index contributed by atoms with van der Waals surface area (Å²) in [6.07, 6.45) is 2.03. The van der Waals surface area contributed by atoms with Gasteiger partial charge in [-0.1, -0.05) is 23.4 Å². The summed E-state index contributed by atoms with van der Waals surface area (Å²) in [7, 11) is 1.59.